The van der Waals surface area contributed by atoms with Gasteiger partial charge in [0.25, 0.3) is 0 Å². The van der Waals surface area contributed by atoms with Crippen molar-refractivity contribution in [1.82, 2.24) is 9.97 Å². The van der Waals surface area contributed by atoms with Crippen molar-refractivity contribution >= 4 is 27.4 Å². The lowest BCUT2D eigenvalue weighted by Gasteiger charge is -2.00. The number of thiophene rings is 1. The van der Waals surface area contributed by atoms with Crippen molar-refractivity contribution in [3.8, 4) is 0 Å². The van der Waals surface area contributed by atoms with E-state index in [4.69, 9.17) is 5.84 Å². The van der Waals surface area contributed by atoms with E-state index in [0.29, 0.717) is 5.82 Å². The molecule has 0 spiro atoms. The molecule has 0 aliphatic heterocycles. The van der Waals surface area contributed by atoms with Crippen molar-refractivity contribution in [1.29, 1.82) is 0 Å². The number of hydrogen-bond donors (Lipinski definition) is 2. The quantitative estimate of drug-likeness (QED) is 0.512. The van der Waals surface area contributed by atoms with Crippen LogP contribution in [0.4, 0.5) is 5.82 Å². The number of fused-ring (bicyclic) bond motifs is 1. The van der Waals surface area contributed by atoms with Gasteiger partial charge in [0.2, 0.25) is 0 Å². The molecule has 0 aromatic carbocycles. The number of aryl methyl sites for hydroxylation is 1. The Morgan fingerprint density at radius 1 is 1.50 bits per heavy atom. The summed E-state index contributed by atoms with van der Waals surface area (Å²) in [6, 6.07) is 1.95. The van der Waals surface area contributed by atoms with E-state index >= 15 is 0 Å². The maximum absolute atomic E-state index is 5.31. The lowest BCUT2D eigenvalue weighted by molar-refractivity contribution is 1.08. The van der Waals surface area contributed by atoms with E-state index < -0.39 is 0 Å². The molecule has 5 heteroatoms. The molecule has 0 bridgehead atoms. The summed E-state index contributed by atoms with van der Waals surface area (Å²) in [5, 5.41) is 2.95. The highest BCUT2D eigenvalue weighted by molar-refractivity contribution is 7.16. The van der Waals surface area contributed by atoms with E-state index in [-0.39, 0.29) is 0 Å². The van der Waals surface area contributed by atoms with Crippen LogP contribution in [0.15, 0.2) is 11.4 Å². The molecule has 0 aliphatic rings. The first kappa shape index (κ1) is 7.45. The highest BCUT2D eigenvalue weighted by Gasteiger charge is 2.04. The number of nitrogens with one attached hydrogen (secondary N) is 1. The molecule has 3 N–H and O–H groups in total. The van der Waals surface area contributed by atoms with Gasteiger partial charge in [0.15, 0.2) is 5.82 Å². The third-order valence-corrected chi connectivity index (χ3v) is 2.38. The topological polar surface area (TPSA) is 63.8 Å². The van der Waals surface area contributed by atoms with E-state index in [0.717, 1.165) is 16.0 Å². The fourth-order valence-electron chi connectivity index (χ4n) is 1.07. The summed E-state index contributed by atoms with van der Waals surface area (Å²) < 4.78 is 0. The Kier molecular flexibility index (Phi) is 1.67. The van der Waals surface area contributed by atoms with Crippen molar-refractivity contribution < 1.29 is 0 Å². The molecule has 62 valence electrons. The fraction of sp³-hybridized carbons (Fsp3) is 0.143. The molecule has 0 radical (unpaired) electrons. The molecule has 0 aliphatic carbocycles. The van der Waals surface area contributed by atoms with Gasteiger partial charge in [0, 0.05) is 0 Å². The minimum Gasteiger partial charge on any atom is -0.308 e. The van der Waals surface area contributed by atoms with Crippen LogP contribution >= 0.6 is 11.3 Å². The van der Waals surface area contributed by atoms with Crippen LogP contribution in [0.5, 0.6) is 0 Å². The van der Waals surface area contributed by atoms with Crippen molar-refractivity contribution in [3.05, 3.63) is 17.3 Å². The van der Waals surface area contributed by atoms with Gasteiger partial charge in [-0.25, -0.2) is 15.8 Å². The minimum atomic E-state index is 0.693. The standard InChI is InChI=1S/C7H8N4S/c1-4-9-6(11-8)5-2-3-12-7(5)10-4/h2-3H,8H2,1H3,(H,9,10,11). The molecule has 0 amide bonds. The van der Waals surface area contributed by atoms with Crippen LogP contribution in [-0.4, -0.2) is 9.97 Å². The highest BCUT2D eigenvalue weighted by atomic mass is 32.1. The third kappa shape index (κ3) is 1.03. The van der Waals surface area contributed by atoms with Gasteiger partial charge in [-0.3, -0.25) is 0 Å². The van der Waals surface area contributed by atoms with Crippen molar-refractivity contribution in [2.75, 3.05) is 5.43 Å². The number of nitrogen functional groups attached to an aromatic ring is 1. The van der Waals surface area contributed by atoms with Crippen LogP contribution in [0.2, 0.25) is 0 Å². The van der Waals surface area contributed by atoms with E-state index in [1.807, 2.05) is 18.4 Å². The molecule has 0 fully saturated rings. The number of nitrogens with two attached hydrogens (primary N) is 1. The first-order valence-corrected chi connectivity index (χ1v) is 4.37. The molecule has 0 unspecified atom stereocenters. The summed E-state index contributed by atoms with van der Waals surface area (Å²) in [6.45, 7) is 1.85. The van der Waals surface area contributed by atoms with Crippen LogP contribution in [-0.2, 0) is 0 Å². The Hall–Kier alpha value is -1.20. The van der Waals surface area contributed by atoms with Crippen LogP contribution in [0.25, 0.3) is 10.2 Å². The zero-order chi connectivity index (χ0) is 8.55. The SMILES string of the molecule is Cc1nc(NN)c2ccsc2n1. The molecule has 0 saturated heterocycles. The van der Waals surface area contributed by atoms with E-state index in [1.165, 1.54) is 0 Å². The van der Waals surface area contributed by atoms with Crippen LogP contribution in [0.3, 0.4) is 0 Å². The van der Waals surface area contributed by atoms with E-state index in [9.17, 15) is 0 Å². The lowest BCUT2D eigenvalue weighted by atomic mass is 10.4. The largest absolute Gasteiger partial charge is 0.308 e. The third-order valence-electron chi connectivity index (χ3n) is 1.57. The zero-order valence-corrected chi connectivity index (χ0v) is 7.35. The number of nitrogens with zero attached hydrogens (tertiary/aromatic N) is 2. The number of hydrogen-bond acceptors (Lipinski definition) is 5. The Morgan fingerprint density at radius 3 is 3.08 bits per heavy atom. The van der Waals surface area contributed by atoms with Gasteiger partial charge in [0.05, 0.1) is 5.39 Å². The normalized spacial score (nSPS) is 10.5. The Balaban J connectivity index is 2.80. The summed E-state index contributed by atoms with van der Waals surface area (Å²) in [5.41, 5.74) is 2.55. The first-order valence-electron chi connectivity index (χ1n) is 3.49. The molecule has 2 aromatic heterocycles. The lowest BCUT2D eigenvalue weighted by Crippen LogP contribution is -2.09. The van der Waals surface area contributed by atoms with Gasteiger partial charge in [-0.1, -0.05) is 0 Å². The summed E-state index contributed by atoms with van der Waals surface area (Å²) >= 11 is 1.58. The predicted molar refractivity (Wildman–Crippen MR) is 50.0 cm³/mol. The summed E-state index contributed by atoms with van der Waals surface area (Å²) in [7, 11) is 0. The summed E-state index contributed by atoms with van der Waals surface area (Å²) in [4.78, 5) is 9.38. The fourth-order valence-corrected chi connectivity index (χ4v) is 1.88. The van der Waals surface area contributed by atoms with Gasteiger partial charge < -0.3 is 5.43 Å². The van der Waals surface area contributed by atoms with Crippen molar-refractivity contribution in [3.63, 3.8) is 0 Å². The second-order valence-electron chi connectivity index (χ2n) is 2.40. The van der Waals surface area contributed by atoms with Gasteiger partial charge in [-0.05, 0) is 18.4 Å². The predicted octanol–water partition coefficient (Wildman–Crippen LogP) is 1.29. The number of aromatic nitrogens is 2. The summed E-state index contributed by atoms with van der Waals surface area (Å²) in [6.07, 6.45) is 0. The average Bonchev–Trinajstić information content (AvgIpc) is 2.50. The smallest absolute Gasteiger partial charge is 0.152 e. The molecular formula is C7H8N4S. The Bertz CT molecular complexity index is 409. The van der Waals surface area contributed by atoms with Gasteiger partial charge in [-0.2, -0.15) is 0 Å². The Labute approximate surface area is 73.4 Å². The zero-order valence-electron chi connectivity index (χ0n) is 6.53. The number of anilines is 1. The second kappa shape index (κ2) is 2.69. The van der Waals surface area contributed by atoms with Crippen LogP contribution in [0.1, 0.15) is 5.82 Å². The van der Waals surface area contributed by atoms with Crippen molar-refractivity contribution in [2.45, 2.75) is 6.92 Å². The van der Waals surface area contributed by atoms with Gasteiger partial charge in [0.1, 0.15) is 10.7 Å². The van der Waals surface area contributed by atoms with Crippen LogP contribution in [0, 0.1) is 6.92 Å². The maximum Gasteiger partial charge on any atom is 0.152 e. The monoisotopic (exact) mass is 180 g/mol. The molecule has 12 heavy (non-hydrogen) atoms. The maximum atomic E-state index is 5.31. The number of rotatable bonds is 1. The molecular weight excluding hydrogens is 172 g/mol. The molecule has 2 heterocycles. The summed E-state index contributed by atoms with van der Waals surface area (Å²) in [5.74, 6) is 6.74. The highest BCUT2D eigenvalue weighted by Crippen LogP contribution is 2.23. The average molecular weight is 180 g/mol. The van der Waals surface area contributed by atoms with Gasteiger partial charge in [-0.15, -0.1) is 11.3 Å². The Morgan fingerprint density at radius 2 is 2.33 bits per heavy atom. The molecule has 2 aromatic rings. The molecule has 0 atom stereocenters. The number of hydrazine groups is 1. The van der Waals surface area contributed by atoms with Crippen LogP contribution < -0.4 is 11.3 Å². The second-order valence-corrected chi connectivity index (χ2v) is 3.30. The van der Waals surface area contributed by atoms with Crippen molar-refractivity contribution in [2.24, 2.45) is 5.84 Å². The molecule has 2 rings (SSSR count). The van der Waals surface area contributed by atoms with Gasteiger partial charge >= 0.3 is 0 Å². The minimum absolute atomic E-state index is 0.693. The van der Waals surface area contributed by atoms with E-state index in [2.05, 4.69) is 15.4 Å². The van der Waals surface area contributed by atoms with E-state index in [1.54, 1.807) is 11.3 Å². The molecule has 4 nitrogen and oxygen atoms in total. The molecule has 0 saturated carbocycles. The first-order chi connectivity index (χ1) is 5.81.